The minimum Gasteiger partial charge on any atom is -0.480 e. The molecule has 0 spiro atoms. The Morgan fingerprint density at radius 2 is 1.51 bits per heavy atom. The number of carboxylic acid groups (broad SMARTS) is 1. The highest BCUT2D eigenvalue weighted by atomic mass is 16.4. The molecule has 2 atom stereocenters. The van der Waals surface area contributed by atoms with E-state index in [9.17, 15) is 14.7 Å². The maximum atomic E-state index is 13.1. The molecule has 1 unspecified atom stereocenters. The summed E-state index contributed by atoms with van der Waals surface area (Å²) >= 11 is 0. The van der Waals surface area contributed by atoms with Gasteiger partial charge in [0.15, 0.2) is 0 Å². The molecule has 0 bridgehead atoms. The van der Waals surface area contributed by atoms with E-state index in [1.165, 1.54) is 19.3 Å². The number of piperidine rings is 1. The number of hydrogen-bond donors (Lipinski definition) is 1. The minimum absolute atomic E-state index is 0.136. The third-order valence-electron chi connectivity index (χ3n) is 9.82. The molecule has 2 aromatic rings. The van der Waals surface area contributed by atoms with Gasteiger partial charge in [-0.25, -0.2) is 4.79 Å². The van der Waals surface area contributed by atoms with E-state index in [4.69, 9.17) is 5.26 Å². The predicted octanol–water partition coefficient (Wildman–Crippen LogP) is 5.30. The molecule has 2 aromatic carbocycles. The normalized spacial score (nSPS) is 23.0. The molecule has 3 heterocycles. The number of benzene rings is 2. The summed E-state index contributed by atoms with van der Waals surface area (Å²) in [5, 5.41) is 19.0. The molecule has 8 heteroatoms. The molecule has 4 aliphatic rings. The third-order valence-corrected chi connectivity index (χ3v) is 9.82. The van der Waals surface area contributed by atoms with Crippen molar-refractivity contribution >= 4 is 12.0 Å². The van der Waals surface area contributed by atoms with Gasteiger partial charge in [-0.05, 0) is 68.2 Å². The van der Waals surface area contributed by atoms with Crippen molar-refractivity contribution in [3.8, 4) is 6.07 Å². The summed E-state index contributed by atoms with van der Waals surface area (Å²) in [6.07, 6.45) is 8.82. The molecule has 3 aliphatic heterocycles. The summed E-state index contributed by atoms with van der Waals surface area (Å²) < 4.78 is 0. The first kappa shape index (κ1) is 31.0. The Morgan fingerprint density at radius 1 is 0.860 bits per heavy atom. The van der Waals surface area contributed by atoms with Gasteiger partial charge in [-0.3, -0.25) is 9.69 Å². The fourth-order valence-corrected chi connectivity index (χ4v) is 7.53. The van der Waals surface area contributed by atoms with Crippen molar-refractivity contribution in [2.24, 2.45) is 11.8 Å². The number of nitriles is 1. The number of urea groups is 1. The summed E-state index contributed by atoms with van der Waals surface area (Å²) in [5.41, 5.74) is 1.70. The number of carbonyl (C=O) groups excluding carboxylic acids is 1. The maximum Gasteiger partial charge on any atom is 0.321 e. The lowest BCUT2D eigenvalue weighted by Gasteiger charge is -2.37. The molecule has 0 aromatic heterocycles. The van der Waals surface area contributed by atoms with Crippen LogP contribution in [0.1, 0.15) is 62.5 Å². The molecular formula is C35H47N5O3. The SMILES string of the molecule is N#Cc1ccc(CN2CCN(C3CCN(CC4CCN([C@@H](C(=O)O)C5CCCCC5)C4)CC3)C2=O)cc1.c1ccccc1. The Bertz CT molecular complexity index is 1180. The van der Waals surface area contributed by atoms with Crippen LogP contribution in [-0.2, 0) is 11.3 Å². The Morgan fingerprint density at radius 3 is 2.12 bits per heavy atom. The Kier molecular flexibility index (Phi) is 11.1. The summed E-state index contributed by atoms with van der Waals surface area (Å²) in [4.78, 5) is 34.0. The molecule has 3 saturated heterocycles. The van der Waals surface area contributed by atoms with Crippen LogP contribution in [0.5, 0.6) is 0 Å². The molecule has 1 saturated carbocycles. The second-order valence-corrected chi connectivity index (χ2v) is 12.7. The van der Waals surface area contributed by atoms with Crippen LogP contribution in [0.4, 0.5) is 4.79 Å². The number of carbonyl (C=O) groups is 2. The lowest BCUT2D eigenvalue weighted by molar-refractivity contribution is -0.145. The summed E-state index contributed by atoms with van der Waals surface area (Å²) in [6.45, 7) is 7.00. The van der Waals surface area contributed by atoms with Gasteiger partial charge in [0.05, 0.1) is 11.6 Å². The molecule has 230 valence electrons. The fraction of sp³-hybridized carbons (Fsp3) is 0.571. The van der Waals surface area contributed by atoms with Crippen LogP contribution in [0.15, 0.2) is 60.7 Å². The Balaban J connectivity index is 0.000000548. The first-order valence-electron chi connectivity index (χ1n) is 16.3. The second-order valence-electron chi connectivity index (χ2n) is 12.7. The third kappa shape index (κ3) is 8.36. The zero-order valence-corrected chi connectivity index (χ0v) is 25.4. The molecule has 43 heavy (non-hydrogen) atoms. The zero-order valence-electron chi connectivity index (χ0n) is 25.4. The average molecular weight is 586 g/mol. The van der Waals surface area contributed by atoms with Crippen LogP contribution in [0.3, 0.4) is 0 Å². The van der Waals surface area contributed by atoms with Crippen molar-refractivity contribution in [3.63, 3.8) is 0 Å². The van der Waals surface area contributed by atoms with Gasteiger partial charge >= 0.3 is 12.0 Å². The van der Waals surface area contributed by atoms with E-state index in [0.29, 0.717) is 30.0 Å². The van der Waals surface area contributed by atoms with Gasteiger partial charge in [-0.1, -0.05) is 67.8 Å². The van der Waals surface area contributed by atoms with Gasteiger partial charge in [0.2, 0.25) is 0 Å². The number of rotatable bonds is 8. The summed E-state index contributed by atoms with van der Waals surface area (Å²) in [7, 11) is 0. The van der Waals surface area contributed by atoms with Crippen molar-refractivity contribution in [1.29, 1.82) is 5.26 Å². The molecular weight excluding hydrogens is 538 g/mol. The van der Waals surface area contributed by atoms with Gasteiger partial charge in [0.1, 0.15) is 6.04 Å². The van der Waals surface area contributed by atoms with E-state index >= 15 is 0 Å². The van der Waals surface area contributed by atoms with Crippen LogP contribution in [0, 0.1) is 23.2 Å². The first-order valence-corrected chi connectivity index (χ1v) is 16.3. The van der Waals surface area contributed by atoms with E-state index in [1.54, 1.807) is 0 Å². The predicted molar refractivity (Wildman–Crippen MR) is 167 cm³/mol. The van der Waals surface area contributed by atoms with Crippen LogP contribution < -0.4 is 0 Å². The van der Waals surface area contributed by atoms with Crippen molar-refractivity contribution in [1.82, 2.24) is 19.6 Å². The highest BCUT2D eigenvalue weighted by molar-refractivity contribution is 5.77. The smallest absolute Gasteiger partial charge is 0.321 e. The van der Waals surface area contributed by atoms with E-state index in [1.807, 2.05) is 65.6 Å². The van der Waals surface area contributed by atoms with Crippen LogP contribution in [0.2, 0.25) is 0 Å². The zero-order chi connectivity index (χ0) is 30.0. The van der Waals surface area contributed by atoms with Crippen molar-refractivity contribution < 1.29 is 14.7 Å². The molecule has 4 fully saturated rings. The molecule has 0 radical (unpaired) electrons. The van der Waals surface area contributed by atoms with Crippen molar-refractivity contribution in [2.75, 3.05) is 45.8 Å². The van der Waals surface area contributed by atoms with Crippen LogP contribution in [0.25, 0.3) is 0 Å². The first-order chi connectivity index (χ1) is 21.0. The largest absolute Gasteiger partial charge is 0.480 e. The maximum absolute atomic E-state index is 13.1. The minimum atomic E-state index is -0.628. The van der Waals surface area contributed by atoms with E-state index in [2.05, 4.69) is 20.8 Å². The molecule has 8 nitrogen and oxygen atoms in total. The van der Waals surface area contributed by atoms with Crippen LogP contribution >= 0.6 is 0 Å². The highest BCUT2D eigenvalue weighted by Gasteiger charge is 2.39. The number of amides is 2. The Labute approximate surface area is 256 Å². The second kappa shape index (κ2) is 15.4. The number of hydrogen-bond acceptors (Lipinski definition) is 5. The fourth-order valence-electron chi connectivity index (χ4n) is 7.53. The van der Waals surface area contributed by atoms with E-state index in [0.717, 1.165) is 83.5 Å². The lowest BCUT2D eigenvalue weighted by Crippen LogP contribution is -2.48. The van der Waals surface area contributed by atoms with E-state index < -0.39 is 5.97 Å². The van der Waals surface area contributed by atoms with Crippen molar-refractivity contribution in [2.45, 2.75) is 70.0 Å². The van der Waals surface area contributed by atoms with Crippen LogP contribution in [-0.4, -0.2) is 94.6 Å². The topological polar surface area (TPSA) is 91.1 Å². The quantitative estimate of drug-likeness (QED) is 0.452. The van der Waals surface area contributed by atoms with Gasteiger partial charge in [-0.15, -0.1) is 0 Å². The van der Waals surface area contributed by atoms with Gasteiger partial charge in [0.25, 0.3) is 0 Å². The highest BCUT2D eigenvalue weighted by Crippen LogP contribution is 2.32. The lowest BCUT2D eigenvalue weighted by atomic mass is 9.83. The average Bonchev–Trinajstić information content (AvgIpc) is 3.65. The van der Waals surface area contributed by atoms with Gasteiger partial charge in [-0.2, -0.15) is 5.26 Å². The number of nitrogens with zero attached hydrogens (tertiary/aromatic N) is 5. The van der Waals surface area contributed by atoms with Gasteiger partial charge < -0.3 is 19.8 Å². The number of carboxylic acids is 1. The molecule has 1 aliphatic carbocycles. The van der Waals surface area contributed by atoms with E-state index in [-0.39, 0.29) is 12.1 Å². The standard InChI is InChI=1S/C29H41N5O3.C6H6/c30-18-22-6-8-23(9-7-22)20-33-16-17-34(29(33)37)26-11-13-31(14-12-26)19-24-10-15-32(21-24)27(28(35)36)25-4-2-1-3-5-25;1-2-4-6-5-3-1/h6-9,24-27H,1-5,10-17,19-21H2,(H,35,36);1-6H/t24?,27-;/m1./s1. The molecule has 2 amide bonds. The number of likely N-dealkylation sites (tertiary alicyclic amines) is 2. The molecule has 6 rings (SSSR count). The summed E-state index contributed by atoms with van der Waals surface area (Å²) in [6, 6.07) is 21.8. The summed E-state index contributed by atoms with van der Waals surface area (Å²) in [5.74, 6) is 0.227. The van der Waals surface area contributed by atoms with Crippen molar-refractivity contribution in [3.05, 3.63) is 71.8 Å². The van der Waals surface area contributed by atoms with Gasteiger partial charge in [0, 0.05) is 51.9 Å². The monoisotopic (exact) mass is 585 g/mol. The number of aliphatic carboxylic acids is 1. The Hall–Kier alpha value is -3.41. The molecule has 1 N–H and O–H groups in total.